The summed E-state index contributed by atoms with van der Waals surface area (Å²) in [4.78, 5) is 14.0. The highest BCUT2D eigenvalue weighted by Crippen LogP contribution is 2.19. The Balaban J connectivity index is 2.60. The molecule has 0 aromatic carbocycles. The third kappa shape index (κ3) is 4.76. The second kappa shape index (κ2) is 6.70. The van der Waals surface area contributed by atoms with Gasteiger partial charge in [0.15, 0.2) is 9.84 Å². The molecule has 1 rings (SSSR count). The summed E-state index contributed by atoms with van der Waals surface area (Å²) in [5.74, 6) is 0.274. The van der Waals surface area contributed by atoms with Gasteiger partial charge in [-0.1, -0.05) is 6.92 Å². The van der Waals surface area contributed by atoms with Crippen molar-refractivity contribution in [3.63, 3.8) is 0 Å². The Morgan fingerprint density at radius 3 is 2.63 bits per heavy atom. The van der Waals surface area contributed by atoms with Gasteiger partial charge in [-0.15, -0.1) is 0 Å². The van der Waals surface area contributed by atoms with Gasteiger partial charge in [-0.25, -0.2) is 8.42 Å². The number of nitrogens with one attached hydrogen (secondary N) is 1. The summed E-state index contributed by atoms with van der Waals surface area (Å²) in [5, 5.41) is 3.32. The van der Waals surface area contributed by atoms with Crippen LogP contribution < -0.4 is 5.32 Å². The summed E-state index contributed by atoms with van der Waals surface area (Å²) in [6, 6.07) is 0.0911. The molecule has 1 aliphatic rings. The van der Waals surface area contributed by atoms with Crippen LogP contribution in [-0.2, 0) is 14.6 Å². The fourth-order valence-corrected chi connectivity index (χ4v) is 3.65. The molecule has 112 valence electrons. The predicted octanol–water partition coefficient (Wildman–Crippen LogP) is 0.656. The standard InChI is InChI=1S/C13H26N2O3S/c1-5-19(17,18)9-11(3)15(4)13(16)12-6-7-14-10(2)8-12/h10-12,14H,5-9H2,1-4H3/t10-,11?,12-/m0/s1. The molecule has 6 heteroatoms. The van der Waals surface area contributed by atoms with E-state index >= 15 is 0 Å². The average Bonchev–Trinajstić information content (AvgIpc) is 2.36. The van der Waals surface area contributed by atoms with Gasteiger partial charge in [0, 0.05) is 30.8 Å². The van der Waals surface area contributed by atoms with E-state index in [1.807, 2.05) is 0 Å². The fourth-order valence-electron chi connectivity index (χ4n) is 2.46. The number of piperidine rings is 1. The van der Waals surface area contributed by atoms with Crippen molar-refractivity contribution in [2.75, 3.05) is 25.1 Å². The molecule has 0 radical (unpaired) electrons. The molecule has 0 aromatic rings. The minimum Gasteiger partial charge on any atom is -0.342 e. The van der Waals surface area contributed by atoms with Crippen LogP contribution in [-0.4, -0.2) is 56.4 Å². The molecule has 1 saturated heterocycles. The van der Waals surface area contributed by atoms with Crippen LogP contribution in [0.15, 0.2) is 0 Å². The molecule has 1 fully saturated rings. The highest BCUT2D eigenvalue weighted by molar-refractivity contribution is 7.91. The maximum atomic E-state index is 12.4. The number of nitrogens with zero attached hydrogens (tertiary/aromatic N) is 1. The second-order valence-electron chi connectivity index (χ2n) is 5.57. The Bertz CT molecular complexity index is 408. The monoisotopic (exact) mass is 290 g/mol. The van der Waals surface area contributed by atoms with Crippen LogP contribution in [0.3, 0.4) is 0 Å². The summed E-state index contributed by atoms with van der Waals surface area (Å²) >= 11 is 0. The number of rotatable bonds is 5. The molecule has 3 atom stereocenters. The van der Waals surface area contributed by atoms with E-state index in [-0.39, 0.29) is 29.4 Å². The second-order valence-corrected chi connectivity index (χ2v) is 7.97. The van der Waals surface area contributed by atoms with Gasteiger partial charge in [-0.2, -0.15) is 0 Å². The summed E-state index contributed by atoms with van der Waals surface area (Å²) < 4.78 is 23.2. The predicted molar refractivity (Wildman–Crippen MR) is 76.7 cm³/mol. The van der Waals surface area contributed by atoms with Crippen LogP contribution in [0.2, 0.25) is 0 Å². The van der Waals surface area contributed by atoms with Gasteiger partial charge in [-0.3, -0.25) is 4.79 Å². The van der Waals surface area contributed by atoms with E-state index in [1.54, 1.807) is 25.8 Å². The van der Waals surface area contributed by atoms with E-state index in [0.29, 0.717) is 6.04 Å². The Morgan fingerprint density at radius 1 is 1.47 bits per heavy atom. The minimum atomic E-state index is -3.04. The van der Waals surface area contributed by atoms with Crippen molar-refractivity contribution in [3.05, 3.63) is 0 Å². The first-order valence-electron chi connectivity index (χ1n) is 6.97. The molecule has 1 unspecified atom stereocenters. The third-order valence-electron chi connectivity index (χ3n) is 3.92. The lowest BCUT2D eigenvalue weighted by molar-refractivity contribution is -0.136. The minimum absolute atomic E-state index is 0.0213. The molecule has 0 aliphatic carbocycles. The lowest BCUT2D eigenvalue weighted by atomic mass is 9.92. The van der Waals surface area contributed by atoms with Crippen LogP contribution in [0.25, 0.3) is 0 Å². The SMILES string of the molecule is CCS(=O)(=O)CC(C)N(C)C(=O)[C@H]1CCN[C@@H](C)C1. The van der Waals surface area contributed by atoms with Crippen molar-refractivity contribution in [1.29, 1.82) is 0 Å². The van der Waals surface area contributed by atoms with E-state index in [0.717, 1.165) is 19.4 Å². The number of amides is 1. The smallest absolute Gasteiger partial charge is 0.225 e. The maximum Gasteiger partial charge on any atom is 0.225 e. The van der Waals surface area contributed by atoms with Crippen LogP contribution in [0, 0.1) is 5.92 Å². The van der Waals surface area contributed by atoms with Crippen LogP contribution in [0.4, 0.5) is 0 Å². The molecule has 0 aromatic heterocycles. The third-order valence-corrected chi connectivity index (χ3v) is 5.79. The van der Waals surface area contributed by atoms with Crippen molar-refractivity contribution in [3.8, 4) is 0 Å². The van der Waals surface area contributed by atoms with Gasteiger partial charge in [0.25, 0.3) is 0 Å². The lowest BCUT2D eigenvalue weighted by Crippen LogP contribution is -2.47. The number of hydrogen-bond donors (Lipinski definition) is 1. The zero-order chi connectivity index (χ0) is 14.6. The molecule has 0 bridgehead atoms. The highest BCUT2D eigenvalue weighted by atomic mass is 32.2. The first kappa shape index (κ1) is 16.4. The summed E-state index contributed by atoms with van der Waals surface area (Å²) in [6.45, 7) is 6.37. The summed E-state index contributed by atoms with van der Waals surface area (Å²) in [7, 11) is -1.33. The number of carbonyl (C=O) groups is 1. The van der Waals surface area contributed by atoms with Gasteiger partial charge in [0.2, 0.25) is 5.91 Å². The van der Waals surface area contributed by atoms with E-state index in [1.165, 1.54) is 0 Å². The summed E-state index contributed by atoms with van der Waals surface area (Å²) in [5.41, 5.74) is 0. The Kier molecular flexibility index (Phi) is 5.80. The van der Waals surface area contributed by atoms with Crippen LogP contribution in [0.1, 0.15) is 33.6 Å². The Morgan fingerprint density at radius 2 is 2.11 bits per heavy atom. The maximum absolute atomic E-state index is 12.4. The molecule has 1 amide bonds. The highest BCUT2D eigenvalue weighted by Gasteiger charge is 2.30. The molecule has 0 spiro atoms. The zero-order valence-electron chi connectivity index (χ0n) is 12.3. The van der Waals surface area contributed by atoms with Crippen molar-refractivity contribution < 1.29 is 13.2 Å². The molecule has 1 aliphatic heterocycles. The van der Waals surface area contributed by atoms with Crippen LogP contribution in [0.5, 0.6) is 0 Å². The molecular formula is C13H26N2O3S. The summed E-state index contributed by atoms with van der Waals surface area (Å²) in [6.07, 6.45) is 1.66. The fraction of sp³-hybridized carbons (Fsp3) is 0.923. The number of carbonyl (C=O) groups excluding carboxylic acids is 1. The average molecular weight is 290 g/mol. The van der Waals surface area contributed by atoms with Crippen molar-refractivity contribution in [2.45, 2.75) is 45.7 Å². The molecular weight excluding hydrogens is 264 g/mol. The largest absolute Gasteiger partial charge is 0.342 e. The molecule has 5 nitrogen and oxygen atoms in total. The first-order valence-corrected chi connectivity index (χ1v) is 8.79. The van der Waals surface area contributed by atoms with Gasteiger partial charge in [-0.05, 0) is 33.2 Å². The Hall–Kier alpha value is -0.620. The molecule has 1 N–H and O–H groups in total. The lowest BCUT2D eigenvalue weighted by Gasteiger charge is -2.33. The van der Waals surface area contributed by atoms with Gasteiger partial charge in [0.05, 0.1) is 5.75 Å². The normalized spacial score (nSPS) is 25.9. The molecule has 1 heterocycles. The quantitative estimate of drug-likeness (QED) is 0.807. The number of sulfone groups is 1. The van der Waals surface area contributed by atoms with E-state index in [2.05, 4.69) is 12.2 Å². The van der Waals surface area contributed by atoms with E-state index in [9.17, 15) is 13.2 Å². The molecule has 0 saturated carbocycles. The topological polar surface area (TPSA) is 66.5 Å². The molecule has 19 heavy (non-hydrogen) atoms. The van der Waals surface area contributed by atoms with Crippen molar-refractivity contribution in [1.82, 2.24) is 10.2 Å². The van der Waals surface area contributed by atoms with E-state index < -0.39 is 9.84 Å². The van der Waals surface area contributed by atoms with Crippen LogP contribution >= 0.6 is 0 Å². The number of hydrogen-bond acceptors (Lipinski definition) is 4. The van der Waals surface area contributed by atoms with E-state index in [4.69, 9.17) is 0 Å². The van der Waals surface area contributed by atoms with Gasteiger partial charge < -0.3 is 10.2 Å². The van der Waals surface area contributed by atoms with Gasteiger partial charge >= 0.3 is 0 Å². The van der Waals surface area contributed by atoms with Crippen molar-refractivity contribution in [2.24, 2.45) is 5.92 Å². The van der Waals surface area contributed by atoms with Crippen molar-refractivity contribution >= 4 is 15.7 Å². The van der Waals surface area contributed by atoms with Gasteiger partial charge in [0.1, 0.15) is 0 Å². The first-order chi connectivity index (χ1) is 8.76. The zero-order valence-corrected chi connectivity index (χ0v) is 13.2. The Labute approximate surface area is 116 Å².